The third kappa shape index (κ3) is 8.45. The molecule has 0 saturated heterocycles. The second-order valence-electron chi connectivity index (χ2n) is 6.81. The van der Waals surface area contributed by atoms with Crippen molar-refractivity contribution in [2.24, 2.45) is 0 Å². The Morgan fingerprint density at radius 3 is 2.55 bits per heavy atom. The summed E-state index contributed by atoms with van der Waals surface area (Å²) < 4.78 is 38.3. The van der Waals surface area contributed by atoms with Crippen LogP contribution in [-0.2, 0) is 20.6 Å². The number of carbonyl (C=O) groups is 1. The number of aryl methyl sites for hydroxylation is 1. The summed E-state index contributed by atoms with van der Waals surface area (Å²) in [5.74, 6) is 1.18. The highest BCUT2D eigenvalue weighted by Crippen LogP contribution is 2.18. The number of hydrogen-bond acceptors (Lipinski definition) is 4. The zero-order valence-electron chi connectivity index (χ0n) is 16.7. The molecule has 2 aromatic rings. The number of anilines is 1. The molecule has 0 atom stereocenters. The Balaban J connectivity index is 1.69. The predicted octanol–water partition coefficient (Wildman–Crippen LogP) is 3.73. The van der Waals surface area contributed by atoms with E-state index in [-0.39, 0.29) is 18.9 Å². The van der Waals surface area contributed by atoms with Gasteiger partial charge in [0.1, 0.15) is 5.82 Å². The maximum atomic E-state index is 13.1. The SMILES string of the molecule is Cc1cccc(CSCCNC(=O)CCCN(c2ccc(F)cc2)S(C)(=O)=O)c1. The fraction of sp³-hybridized carbons (Fsp3) is 0.381. The minimum Gasteiger partial charge on any atom is -0.355 e. The van der Waals surface area contributed by atoms with E-state index in [4.69, 9.17) is 0 Å². The molecule has 1 amide bonds. The van der Waals surface area contributed by atoms with Crippen LogP contribution >= 0.6 is 11.8 Å². The van der Waals surface area contributed by atoms with Gasteiger partial charge in [0.25, 0.3) is 0 Å². The Morgan fingerprint density at radius 1 is 1.17 bits per heavy atom. The van der Waals surface area contributed by atoms with Gasteiger partial charge in [0, 0.05) is 31.0 Å². The van der Waals surface area contributed by atoms with E-state index in [1.165, 1.54) is 39.7 Å². The molecule has 0 unspecified atom stereocenters. The van der Waals surface area contributed by atoms with Crippen molar-refractivity contribution in [1.82, 2.24) is 5.32 Å². The van der Waals surface area contributed by atoms with Crippen LogP contribution in [0.1, 0.15) is 24.0 Å². The fourth-order valence-corrected chi connectivity index (χ4v) is 4.59. The Kier molecular flexibility index (Phi) is 8.98. The fourth-order valence-electron chi connectivity index (χ4n) is 2.82. The van der Waals surface area contributed by atoms with Crippen molar-refractivity contribution in [2.75, 3.05) is 29.4 Å². The van der Waals surface area contributed by atoms with Crippen LogP contribution in [0.4, 0.5) is 10.1 Å². The summed E-state index contributed by atoms with van der Waals surface area (Å²) >= 11 is 1.75. The van der Waals surface area contributed by atoms with Crippen molar-refractivity contribution in [3.63, 3.8) is 0 Å². The van der Waals surface area contributed by atoms with Gasteiger partial charge in [-0.15, -0.1) is 0 Å². The van der Waals surface area contributed by atoms with E-state index in [0.29, 0.717) is 18.7 Å². The highest BCUT2D eigenvalue weighted by Gasteiger charge is 2.17. The minimum atomic E-state index is -3.51. The number of halogens is 1. The molecule has 5 nitrogen and oxygen atoms in total. The average molecular weight is 439 g/mol. The zero-order valence-corrected chi connectivity index (χ0v) is 18.4. The molecule has 158 valence electrons. The van der Waals surface area contributed by atoms with E-state index in [2.05, 4.69) is 30.4 Å². The molecule has 29 heavy (non-hydrogen) atoms. The topological polar surface area (TPSA) is 66.5 Å². The highest BCUT2D eigenvalue weighted by molar-refractivity contribution is 7.98. The molecular weight excluding hydrogens is 411 g/mol. The molecule has 0 saturated carbocycles. The summed E-state index contributed by atoms with van der Waals surface area (Å²) in [6.07, 6.45) is 1.71. The summed E-state index contributed by atoms with van der Waals surface area (Å²) in [5, 5.41) is 2.86. The molecule has 0 aromatic heterocycles. The standard InChI is InChI=1S/C21H27FN2O3S2/c1-17-5-3-6-18(15-17)16-28-14-12-23-21(25)7-4-13-24(29(2,26)27)20-10-8-19(22)9-11-20/h3,5-6,8-11,15H,4,7,12-14,16H2,1-2H3,(H,23,25). The summed E-state index contributed by atoms with van der Waals surface area (Å²) in [6, 6.07) is 13.6. The third-order valence-electron chi connectivity index (χ3n) is 4.20. The van der Waals surface area contributed by atoms with E-state index in [0.717, 1.165) is 17.8 Å². The van der Waals surface area contributed by atoms with Gasteiger partial charge >= 0.3 is 0 Å². The van der Waals surface area contributed by atoms with Crippen molar-refractivity contribution in [2.45, 2.75) is 25.5 Å². The molecule has 0 spiro atoms. The lowest BCUT2D eigenvalue weighted by Crippen LogP contribution is -2.32. The molecule has 2 aromatic carbocycles. The Hall–Kier alpha value is -2.06. The zero-order chi connectivity index (χ0) is 21.3. The van der Waals surface area contributed by atoms with Crippen molar-refractivity contribution in [3.05, 3.63) is 65.5 Å². The largest absolute Gasteiger partial charge is 0.355 e. The lowest BCUT2D eigenvalue weighted by molar-refractivity contribution is -0.121. The number of sulfonamides is 1. The van der Waals surface area contributed by atoms with E-state index < -0.39 is 15.8 Å². The van der Waals surface area contributed by atoms with Gasteiger partial charge in [-0.1, -0.05) is 29.8 Å². The number of carbonyl (C=O) groups excluding carboxylic acids is 1. The maximum absolute atomic E-state index is 13.1. The van der Waals surface area contributed by atoms with Gasteiger partial charge in [-0.25, -0.2) is 12.8 Å². The Bertz CT molecular complexity index is 902. The predicted molar refractivity (Wildman–Crippen MR) is 118 cm³/mol. The Morgan fingerprint density at radius 2 is 1.90 bits per heavy atom. The molecule has 0 fully saturated rings. The van der Waals surface area contributed by atoms with Gasteiger partial charge < -0.3 is 5.32 Å². The number of benzene rings is 2. The second kappa shape index (κ2) is 11.2. The van der Waals surface area contributed by atoms with Gasteiger partial charge in [0.2, 0.25) is 15.9 Å². The molecule has 1 N–H and O–H groups in total. The summed E-state index contributed by atoms with van der Waals surface area (Å²) in [6.45, 7) is 2.80. The van der Waals surface area contributed by atoms with Gasteiger partial charge in [-0.2, -0.15) is 11.8 Å². The maximum Gasteiger partial charge on any atom is 0.232 e. The Labute approximate surface area is 176 Å². The first-order chi connectivity index (χ1) is 13.8. The molecule has 0 radical (unpaired) electrons. The lowest BCUT2D eigenvalue weighted by atomic mass is 10.2. The normalized spacial score (nSPS) is 11.3. The summed E-state index contributed by atoms with van der Waals surface area (Å²) in [4.78, 5) is 12.0. The first-order valence-electron chi connectivity index (χ1n) is 9.39. The van der Waals surface area contributed by atoms with Gasteiger partial charge in [0.05, 0.1) is 11.9 Å². The minimum absolute atomic E-state index is 0.103. The quantitative estimate of drug-likeness (QED) is 0.543. The van der Waals surface area contributed by atoms with Crippen molar-refractivity contribution < 1.29 is 17.6 Å². The molecule has 0 aliphatic carbocycles. The lowest BCUT2D eigenvalue weighted by Gasteiger charge is -2.22. The van der Waals surface area contributed by atoms with Gasteiger partial charge in [-0.3, -0.25) is 9.10 Å². The van der Waals surface area contributed by atoms with Crippen molar-refractivity contribution in [1.29, 1.82) is 0 Å². The van der Waals surface area contributed by atoms with Crippen LogP contribution in [0.25, 0.3) is 0 Å². The third-order valence-corrected chi connectivity index (χ3v) is 6.42. The van der Waals surface area contributed by atoms with E-state index >= 15 is 0 Å². The van der Waals surface area contributed by atoms with Crippen LogP contribution in [0.15, 0.2) is 48.5 Å². The van der Waals surface area contributed by atoms with Crippen LogP contribution < -0.4 is 9.62 Å². The van der Waals surface area contributed by atoms with E-state index in [1.807, 2.05) is 6.07 Å². The van der Waals surface area contributed by atoms with E-state index in [9.17, 15) is 17.6 Å². The first kappa shape index (κ1) is 23.2. The monoisotopic (exact) mass is 438 g/mol. The van der Waals surface area contributed by atoms with E-state index in [1.54, 1.807) is 11.8 Å². The van der Waals surface area contributed by atoms with Crippen LogP contribution in [0, 0.1) is 12.7 Å². The van der Waals surface area contributed by atoms with Gasteiger partial charge in [-0.05, 0) is 43.2 Å². The average Bonchev–Trinajstić information content (AvgIpc) is 2.65. The molecule has 0 bridgehead atoms. The second-order valence-corrected chi connectivity index (χ2v) is 9.82. The first-order valence-corrected chi connectivity index (χ1v) is 12.4. The van der Waals surface area contributed by atoms with Crippen LogP contribution in [0.2, 0.25) is 0 Å². The van der Waals surface area contributed by atoms with Crippen molar-refractivity contribution >= 4 is 33.4 Å². The van der Waals surface area contributed by atoms with Crippen molar-refractivity contribution in [3.8, 4) is 0 Å². The molecule has 0 aliphatic heterocycles. The number of amides is 1. The molecular formula is C21H27FN2O3S2. The number of rotatable bonds is 11. The smallest absolute Gasteiger partial charge is 0.232 e. The van der Waals surface area contributed by atoms with Crippen LogP contribution in [0.5, 0.6) is 0 Å². The van der Waals surface area contributed by atoms with Gasteiger partial charge in [0.15, 0.2) is 0 Å². The number of thioether (sulfide) groups is 1. The molecule has 8 heteroatoms. The summed E-state index contributed by atoms with van der Waals surface area (Å²) in [5.41, 5.74) is 2.89. The van der Waals surface area contributed by atoms with Crippen LogP contribution in [-0.4, -0.2) is 39.4 Å². The number of hydrogen-bond donors (Lipinski definition) is 1. The van der Waals surface area contributed by atoms with Crippen LogP contribution in [0.3, 0.4) is 0 Å². The number of nitrogens with one attached hydrogen (secondary N) is 1. The summed E-state index contributed by atoms with van der Waals surface area (Å²) in [7, 11) is -3.51. The molecule has 0 heterocycles. The number of nitrogens with zero attached hydrogens (tertiary/aromatic N) is 1. The highest BCUT2D eigenvalue weighted by atomic mass is 32.2. The molecule has 0 aliphatic rings. The molecule has 2 rings (SSSR count).